The van der Waals surface area contributed by atoms with E-state index in [0.717, 1.165) is 0 Å². The van der Waals surface area contributed by atoms with Crippen molar-refractivity contribution < 1.29 is 0 Å². The van der Waals surface area contributed by atoms with Crippen LogP contribution in [-0.4, -0.2) is 13.1 Å². The summed E-state index contributed by atoms with van der Waals surface area (Å²) in [5, 5.41) is 4.42. The number of rotatable bonds is 1. The molecule has 71 valence electrons. The highest BCUT2D eigenvalue weighted by Gasteiger charge is 2.07. The zero-order valence-corrected chi connectivity index (χ0v) is 8.39. The minimum Gasteiger partial charge on any atom is -0.242 e. The number of hydrogen-bond acceptors (Lipinski definition) is 0. The Morgan fingerprint density at radius 2 is 1.17 bits per heavy atom. The summed E-state index contributed by atoms with van der Waals surface area (Å²) >= 11 is 0. The minimum absolute atomic E-state index is 0.683. The summed E-state index contributed by atoms with van der Waals surface area (Å²) in [5.41, 5.74) is 0. The van der Waals surface area contributed by atoms with Gasteiger partial charge in [0.25, 0.3) is 0 Å². The summed E-state index contributed by atoms with van der Waals surface area (Å²) < 4.78 is 0. The zero-order valence-electron chi connectivity index (χ0n) is 8.39. The molecule has 1 fully saturated rings. The smallest absolute Gasteiger partial charge is 0.0242 e. The highest BCUT2D eigenvalue weighted by atomic mass is 14.9. The Bertz CT molecular complexity index is 91.2. The Morgan fingerprint density at radius 3 is 1.58 bits per heavy atom. The van der Waals surface area contributed by atoms with Gasteiger partial charge in [0.15, 0.2) is 0 Å². The molecule has 1 radical (unpaired) electrons. The molecule has 0 unspecified atom stereocenters. The topological polar surface area (TPSA) is 14.1 Å². The van der Waals surface area contributed by atoms with Crippen molar-refractivity contribution in [3.63, 3.8) is 0 Å². The van der Waals surface area contributed by atoms with Gasteiger partial charge in [-0.2, -0.15) is 0 Å². The molecule has 0 atom stereocenters. The van der Waals surface area contributed by atoms with Gasteiger partial charge in [0, 0.05) is 13.1 Å². The van der Waals surface area contributed by atoms with Crippen LogP contribution in [-0.2, 0) is 0 Å². The third-order valence-electron chi connectivity index (χ3n) is 2.94. The van der Waals surface area contributed by atoms with Crippen LogP contribution in [0, 0.1) is 0 Å². The van der Waals surface area contributed by atoms with Crippen molar-refractivity contribution in [2.24, 2.45) is 0 Å². The van der Waals surface area contributed by atoms with Gasteiger partial charge in [0.1, 0.15) is 0 Å². The lowest BCUT2D eigenvalue weighted by Crippen LogP contribution is -2.18. The second kappa shape index (κ2) is 6.47. The molecule has 0 heterocycles. The zero-order chi connectivity index (χ0) is 8.65. The van der Waals surface area contributed by atoms with Gasteiger partial charge in [-0.25, -0.2) is 5.32 Å². The molecule has 1 rings (SSSR count). The molecule has 0 saturated heterocycles. The van der Waals surface area contributed by atoms with E-state index < -0.39 is 0 Å². The van der Waals surface area contributed by atoms with Crippen LogP contribution in [0.4, 0.5) is 0 Å². The van der Waals surface area contributed by atoms with Crippen molar-refractivity contribution in [1.29, 1.82) is 0 Å². The Labute approximate surface area is 76.9 Å². The highest BCUT2D eigenvalue weighted by molar-refractivity contribution is 4.65. The van der Waals surface area contributed by atoms with Crippen LogP contribution in [0.2, 0.25) is 0 Å². The lowest BCUT2D eigenvalue weighted by Gasteiger charge is -2.15. The van der Waals surface area contributed by atoms with Crippen LogP contribution in [0.25, 0.3) is 0 Å². The molecular formula is C11H22N. The van der Waals surface area contributed by atoms with Crippen LogP contribution < -0.4 is 5.32 Å². The van der Waals surface area contributed by atoms with Crippen molar-refractivity contribution in [3.05, 3.63) is 0 Å². The van der Waals surface area contributed by atoms with Gasteiger partial charge in [-0.05, 0) is 12.8 Å². The quantitative estimate of drug-likeness (QED) is 0.571. The van der Waals surface area contributed by atoms with Gasteiger partial charge >= 0.3 is 0 Å². The highest BCUT2D eigenvalue weighted by Crippen LogP contribution is 2.16. The first-order valence-corrected chi connectivity index (χ1v) is 5.52. The molecule has 0 bridgehead atoms. The molecule has 1 heteroatoms. The average Bonchev–Trinajstić information content (AvgIpc) is 2.14. The van der Waals surface area contributed by atoms with E-state index in [9.17, 15) is 0 Å². The maximum atomic E-state index is 4.42. The van der Waals surface area contributed by atoms with Crippen molar-refractivity contribution in [2.75, 3.05) is 7.05 Å². The Kier molecular flexibility index (Phi) is 5.42. The van der Waals surface area contributed by atoms with E-state index in [2.05, 4.69) is 5.32 Å². The van der Waals surface area contributed by atoms with E-state index in [4.69, 9.17) is 0 Å². The van der Waals surface area contributed by atoms with Crippen molar-refractivity contribution in [3.8, 4) is 0 Å². The number of hydrogen-bond donors (Lipinski definition) is 0. The summed E-state index contributed by atoms with van der Waals surface area (Å²) in [4.78, 5) is 0. The minimum atomic E-state index is 0.683. The predicted octanol–water partition coefficient (Wildman–Crippen LogP) is 3.11. The first kappa shape index (κ1) is 10.0. The van der Waals surface area contributed by atoms with Crippen molar-refractivity contribution in [2.45, 2.75) is 63.8 Å². The second-order valence-electron chi connectivity index (χ2n) is 3.96. The molecule has 0 aromatic heterocycles. The van der Waals surface area contributed by atoms with Gasteiger partial charge in [0.05, 0.1) is 0 Å². The van der Waals surface area contributed by atoms with Gasteiger partial charge < -0.3 is 0 Å². The summed E-state index contributed by atoms with van der Waals surface area (Å²) in [6.45, 7) is 0. The molecule has 0 aromatic carbocycles. The third kappa shape index (κ3) is 4.10. The molecule has 1 aliphatic rings. The van der Waals surface area contributed by atoms with Gasteiger partial charge in [0.2, 0.25) is 0 Å². The summed E-state index contributed by atoms with van der Waals surface area (Å²) in [7, 11) is 1.98. The number of nitrogens with zero attached hydrogens (tertiary/aromatic N) is 1. The normalized spacial score (nSPS) is 23.8. The average molecular weight is 168 g/mol. The van der Waals surface area contributed by atoms with E-state index in [0.29, 0.717) is 6.04 Å². The standard InChI is InChI=1S/C11H22N/c1-12-11-9-7-5-3-2-4-6-8-10-11/h11H,2-10H2,1H3. The SMILES string of the molecule is C[N]C1CCCCCCCCC1. The maximum Gasteiger partial charge on any atom is 0.0242 e. The van der Waals surface area contributed by atoms with Crippen LogP contribution >= 0.6 is 0 Å². The molecule has 1 saturated carbocycles. The van der Waals surface area contributed by atoms with E-state index in [-0.39, 0.29) is 0 Å². The molecule has 0 aliphatic heterocycles. The summed E-state index contributed by atoms with van der Waals surface area (Å²) in [5.74, 6) is 0. The summed E-state index contributed by atoms with van der Waals surface area (Å²) in [6.07, 6.45) is 12.7. The molecule has 0 N–H and O–H groups in total. The van der Waals surface area contributed by atoms with Gasteiger partial charge in [-0.3, -0.25) is 0 Å². The molecule has 1 aliphatic carbocycles. The van der Waals surface area contributed by atoms with E-state index in [1.807, 2.05) is 7.05 Å². The predicted molar refractivity (Wildman–Crippen MR) is 53.4 cm³/mol. The largest absolute Gasteiger partial charge is 0.242 e. The second-order valence-corrected chi connectivity index (χ2v) is 3.96. The first-order valence-electron chi connectivity index (χ1n) is 5.52. The molecule has 12 heavy (non-hydrogen) atoms. The lowest BCUT2D eigenvalue weighted by atomic mass is 9.98. The fourth-order valence-corrected chi connectivity index (χ4v) is 2.05. The Morgan fingerprint density at radius 1 is 0.750 bits per heavy atom. The fraction of sp³-hybridized carbons (Fsp3) is 1.00. The molecule has 0 amide bonds. The van der Waals surface area contributed by atoms with E-state index >= 15 is 0 Å². The molecular weight excluding hydrogens is 146 g/mol. The van der Waals surface area contributed by atoms with Crippen LogP contribution in [0.5, 0.6) is 0 Å². The van der Waals surface area contributed by atoms with Crippen molar-refractivity contribution >= 4 is 0 Å². The van der Waals surface area contributed by atoms with Crippen LogP contribution in [0.1, 0.15) is 57.8 Å². The van der Waals surface area contributed by atoms with E-state index in [1.54, 1.807) is 0 Å². The van der Waals surface area contributed by atoms with Crippen LogP contribution in [0.15, 0.2) is 0 Å². The Hall–Kier alpha value is -0.0400. The Balaban J connectivity index is 2.17. The monoisotopic (exact) mass is 168 g/mol. The molecule has 0 aromatic rings. The van der Waals surface area contributed by atoms with E-state index in [1.165, 1.54) is 57.8 Å². The van der Waals surface area contributed by atoms with Crippen molar-refractivity contribution in [1.82, 2.24) is 5.32 Å². The van der Waals surface area contributed by atoms with Gasteiger partial charge in [-0.1, -0.05) is 44.9 Å². The third-order valence-corrected chi connectivity index (χ3v) is 2.94. The lowest BCUT2D eigenvalue weighted by molar-refractivity contribution is 0.415. The summed E-state index contributed by atoms with van der Waals surface area (Å²) in [6, 6.07) is 0.683. The van der Waals surface area contributed by atoms with Crippen LogP contribution in [0.3, 0.4) is 0 Å². The molecule has 0 spiro atoms. The maximum absolute atomic E-state index is 4.42. The molecule has 1 nitrogen and oxygen atoms in total. The van der Waals surface area contributed by atoms with Gasteiger partial charge in [-0.15, -0.1) is 0 Å². The fourth-order valence-electron chi connectivity index (χ4n) is 2.05. The first-order chi connectivity index (χ1) is 5.93.